The number of thiazole rings is 1. The van der Waals surface area contributed by atoms with Gasteiger partial charge in [0.05, 0.1) is 4.88 Å². The molecule has 36 heavy (non-hydrogen) atoms. The summed E-state index contributed by atoms with van der Waals surface area (Å²) in [5.74, 6) is -0.405. The molecule has 0 spiro atoms. The molecule has 5 aromatic rings. The van der Waals surface area contributed by atoms with E-state index in [0.29, 0.717) is 21.4 Å². The van der Waals surface area contributed by atoms with Gasteiger partial charge < -0.3 is 9.52 Å². The van der Waals surface area contributed by atoms with Crippen LogP contribution in [0.5, 0.6) is 0 Å². The highest BCUT2D eigenvalue weighted by Gasteiger charge is 2.57. The Morgan fingerprint density at radius 2 is 1.67 bits per heavy atom. The van der Waals surface area contributed by atoms with E-state index in [1.807, 2.05) is 0 Å². The summed E-state index contributed by atoms with van der Waals surface area (Å²) in [7, 11) is 0. The van der Waals surface area contributed by atoms with Gasteiger partial charge in [0.15, 0.2) is 4.34 Å². The number of rotatable bonds is 5. The van der Waals surface area contributed by atoms with Crippen LogP contribution in [0.2, 0.25) is 0 Å². The van der Waals surface area contributed by atoms with Gasteiger partial charge in [-0.15, -0.1) is 11.3 Å². The minimum absolute atomic E-state index is 0.264. The van der Waals surface area contributed by atoms with Crippen LogP contribution in [0.25, 0.3) is 22.1 Å². The van der Waals surface area contributed by atoms with Gasteiger partial charge in [0, 0.05) is 22.5 Å². The minimum atomic E-state index is -4.97. The van der Waals surface area contributed by atoms with Crippen LogP contribution < -0.4 is 5.63 Å². The Hall–Kier alpha value is -3.47. The Bertz CT molecular complexity index is 1600. The van der Waals surface area contributed by atoms with E-state index in [9.17, 15) is 27.5 Å². The van der Waals surface area contributed by atoms with Crippen molar-refractivity contribution in [3.63, 3.8) is 0 Å². The van der Waals surface area contributed by atoms with Gasteiger partial charge in [0.2, 0.25) is 5.60 Å². The molecule has 0 bridgehead atoms. The van der Waals surface area contributed by atoms with Crippen molar-refractivity contribution in [2.75, 3.05) is 0 Å². The lowest BCUT2D eigenvalue weighted by molar-refractivity contribution is -0.247. The van der Waals surface area contributed by atoms with E-state index in [1.54, 1.807) is 36.4 Å². The van der Waals surface area contributed by atoms with E-state index < -0.39 is 23.2 Å². The maximum Gasteiger partial charge on any atom is 0.426 e. The third-order valence-corrected chi connectivity index (χ3v) is 7.69. The summed E-state index contributed by atoms with van der Waals surface area (Å²) in [6.45, 7) is 0. The SMILES string of the molecule is O=c1cc(-c2ccc(F)cc2)c2ccc(Sc3ncc(C(O)(c4ccccc4)C(F)(F)F)s3)cc2o1. The van der Waals surface area contributed by atoms with E-state index in [1.165, 1.54) is 42.5 Å². The average molecular weight is 530 g/mol. The number of fused-ring (bicyclic) bond motifs is 1. The van der Waals surface area contributed by atoms with Crippen LogP contribution in [0.15, 0.2) is 104 Å². The summed E-state index contributed by atoms with van der Waals surface area (Å²) in [6.07, 6.45) is -3.95. The third-order valence-electron chi connectivity index (χ3n) is 5.52. The predicted molar refractivity (Wildman–Crippen MR) is 130 cm³/mol. The number of hydrogen-bond donors (Lipinski definition) is 1. The number of aromatic nitrogens is 1. The first-order valence-electron chi connectivity index (χ1n) is 10.5. The number of aliphatic hydroxyl groups is 1. The van der Waals surface area contributed by atoms with Crippen LogP contribution in [0, 0.1) is 5.82 Å². The molecule has 0 radical (unpaired) electrons. The first kappa shape index (κ1) is 24.2. The van der Waals surface area contributed by atoms with Crippen molar-refractivity contribution in [1.82, 2.24) is 4.98 Å². The zero-order valence-electron chi connectivity index (χ0n) is 18.1. The molecule has 4 nitrogen and oxygen atoms in total. The van der Waals surface area contributed by atoms with E-state index in [0.717, 1.165) is 29.3 Å². The second kappa shape index (κ2) is 9.20. The average Bonchev–Trinajstić information content (AvgIpc) is 3.32. The molecule has 0 saturated carbocycles. The monoisotopic (exact) mass is 529 g/mol. The topological polar surface area (TPSA) is 63.3 Å². The highest BCUT2D eigenvalue weighted by atomic mass is 32.2. The zero-order valence-corrected chi connectivity index (χ0v) is 19.8. The fourth-order valence-corrected chi connectivity index (χ4v) is 5.89. The molecule has 10 heteroatoms. The molecule has 0 amide bonds. The van der Waals surface area contributed by atoms with Gasteiger partial charge in [-0.2, -0.15) is 13.2 Å². The van der Waals surface area contributed by atoms with Crippen LogP contribution in [-0.2, 0) is 5.60 Å². The number of nitrogens with zero attached hydrogens (tertiary/aromatic N) is 1. The lowest BCUT2D eigenvalue weighted by atomic mass is 9.92. The summed E-state index contributed by atoms with van der Waals surface area (Å²) in [5, 5.41) is 11.4. The number of halogens is 4. The van der Waals surface area contributed by atoms with Crippen LogP contribution in [0.1, 0.15) is 10.4 Å². The van der Waals surface area contributed by atoms with E-state index in [-0.39, 0.29) is 20.4 Å². The molecule has 0 aliphatic rings. The first-order chi connectivity index (χ1) is 17.1. The molecule has 0 aliphatic carbocycles. The van der Waals surface area contributed by atoms with Crippen molar-refractivity contribution < 1.29 is 27.1 Å². The molecule has 5 rings (SSSR count). The number of alkyl halides is 3. The van der Waals surface area contributed by atoms with Gasteiger partial charge in [0.25, 0.3) is 0 Å². The second-order valence-corrected chi connectivity index (χ2v) is 10.2. The van der Waals surface area contributed by atoms with Gasteiger partial charge in [-0.25, -0.2) is 14.2 Å². The number of benzene rings is 3. The van der Waals surface area contributed by atoms with E-state index >= 15 is 0 Å². The van der Waals surface area contributed by atoms with Gasteiger partial charge in [-0.1, -0.05) is 54.2 Å². The molecular formula is C26H15F4NO3S2. The normalized spacial score (nSPS) is 13.6. The van der Waals surface area contributed by atoms with Crippen LogP contribution >= 0.6 is 23.1 Å². The lowest BCUT2D eigenvalue weighted by Crippen LogP contribution is -2.42. The van der Waals surface area contributed by atoms with Crippen molar-refractivity contribution in [1.29, 1.82) is 0 Å². The van der Waals surface area contributed by atoms with E-state index in [4.69, 9.17) is 4.42 Å². The summed E-state index contributed by atoms with van der Waals surface area (Å²) in [5.41, 5.74) is -2.65. The highest BCUT2D eigenvalue weighted by molar-refractivity contribution is 8.01. The molecular weight excluding hydrogens is 514 g/mol. The van der Waals surface area contributed by atoms with Crippen LogP contribution in [-0.4, -0.2) is 16.3 Å². The molecule has 1 N–H and O–H groups in total. The Balaban J connectivity index is 1.50. The minimum Gasteiger partial charge on any atom is -0.423 e. The Morgan fingerprint density at radius 1 is 0.944 bits per heavy atom. The molecule has 3 aromatic carbocycles. The standard InChI is InChI=1S/C26H15F4NO3S2/c27-17-8-6-15(7-9-17)20-13-23(32)34-21-12-18(10-11-19(20)21)35-24-31-14-22(36-24)25(33,26(28,29)30)16-4-2-1-3-5-16/h1-14,33H. The molecule has 0 fully saturated rings. The first-order valence-corrected chi connectivity index (χ1v) is 12.1. The molecule has 0 saturated heterocycles. The summed E-state index contributed by atoms with van der Waals surface area (Å²) < 4.78 is 60.9. The Kier molecular flexibility index (Phi) is 6.19. The molecule has 2 heterocycles. The van der Waals surface area contributed by atoms with Crippen LogP contribution in [0.4, 0.5) is 17.6 Å². The van der Waals surface area contributed by atoms with Crippen molar-refractivity contribution in [3.05, 3.63) is 112 Å². The van der Waals surface area contributed by atoms with Crippen molar-refractivity contribution in [2.45, 2.75) is 21.0 Å². The van der Waals surface area contributed by atoms with Gasteiger partial charge in [-0.3, -0.25) is 0 Å². The molecule has 182 valence electrons. The van der Waals surface area contributed by atoms with Crippen molar-refractivity contribution in [2.24, 2.45) is 0 Å². The zero-order chi connectivity index (χ0) is 25.5. The maximum atomic E-state index is 14.0. The van der Waals surface area contributed by atoms with Crippen LogP contribution in [0.3, 0.4) is 0 Å². The lowest BCUT2D eigenvalue weighted by Gasteiger charge is -2.29. The third kappa shape index (κ3) is 4.43. The van der Waals surface area contributed by atoms with Gasteiger partial charge >= 0.3 is 11.8 Å². The maximum absolute atomic E-state index is 14.0. The molecule has 2 aromatic heterocycles. The summed E-state index contributed by atoms with van der Waals surface area (Å²) >= 11 is 1.79. The Labute approximate surface area is 209 Å². The summed E-state index contributed by atoms with van der Waals surface area (Å²) in [4.78, 5) is 16.4. The fourth-order valence-electron chi connectivity index (χ4n) is 3.77. The fraction of sp³-hybridized carbons (Fsp3) is 0.0769. The van der Waals surface area contributed by atoms with Crippen molar-refractivity contribution in [3.8, 4) is 11.1 Å². The Morgan fingerprint density at radius 3 is 2.36 bits per heavy atom. The molecule has 0 aliphatic heterocycles. The van der Waals surface area contributed by atoms with Gasteiger partial charge in [-0.05, 0) is 47.0 Å². The largest absolute Gasteiger partial charge is 0.426 e. The summed E-state index contributed by atoms with van der Waals surface area (Å²) in [6, 6.07) is 18.8. The second-order valence-electron chi connectivity index (χ2n) is 7.81. The van der Waals surface area contributed by atoms with Gasteiger partial charge in [0.1, 0.15) is 11.4 Å². The van der Waals surface area contributed by atoms with Crippen molar-refractivity contribution >= 4 is 34.1 Å². The van der Waals surface area contributed by atoms with E-state index in [2.05, 4.69) is 4.98 Å². The highest BCUT2D eigenvalue weighted by Crippen LogP contribution is 2.47. The number of hydrogen-bond acceptors (Lipinski definition) is 6. The predicted octanol–water partition coefficient (Wildman–Crippen LogP) is 7.01. The quantitative estimate of drug-likeness (QED) is 0.196. The molecule has 1 atom stereocenters. The molecule has 1 unspecified atom stereocenters. The smallest absolute Gasteiger partial charge is 0.423 e.